The van der Waals surface area contributed by atoms with Crippen molar-refractivity contribution in [2.24, 2.45) is 0 Å². The summed E-state index contributed by atoms with van der Waals surface area (Å²) in [7, 11) is 0. The van der Waals surface area contributed by atoms with Gasteiger partial charge in [0.05, 0.1) is 0 Å². The Morgan fingerprint density at radius 1 is 1.00 bits per heavy atom. The van der Waals surface area contributed by atoms with E-state index in [2.05, 4.69) is 46.0 Å². The van der Waals surface area contributed by atoms with Gasteiger partial charge in [0.15, 0.2) is 0 Å². The van der Waals surface area contributed by atoms with Crippen LogP contribution in [0.4, 0.5) is 11.6 Å². The summed E-state index contributed by atoms with van der Waals surface area (Å²) in [5.41, 5.74) is 2.65. The van der Waals surface area contributed by atoms with Crippen LogP contribution in [0.5, 0.6) is 0 Å². The number of piperidine rings is 1. The zero-order chi connectivity index (χ0) is 20.2. The zero-order valence-electron chi connectivity index (χ0n) is 17.5. The highest BCUT2D eigenvalue weighted by Crippen LogP contribution is 2.23. The maximum atomic E-state index is 13.2. The molecule has 0 N–H and O–H groups in total. The van der Waals surface area contributed by atoms with Gasteiger partial charge in [-0.05, 0) is 50.8 Å². The lowest BCUT2D eigenvalue weighted by Gasteiger charge is -2.37. The van der Waals surface area contributed by atoms with Crippen molar-refractivity contribution in [3.8, 4) is 0 Å². The molecule has 6 nitrogen and oxygen atoms in total. The Labute approximate surface area is 173 Å². The van der Waals surface area contributed by atoms with Crippen molar-refractivity contribution in [2.75, 3.05) is 42.5 Å². The third-order valence-corrected chi connectivity index (χ3v) is 6.10. The second kappa shape index (κ2) is 8.80. The van der Waals surface area contributed by atoms with Gasteiger partial charge in [-0.25, -0.2) is 9.97 Å². The molecular formula is C23H31N5O. The van der Waals surface area contributed by atoms with Crippen molar-refractivity contribution >= 4 is 17.5 Å². The van der Waals surface area contributed by atoms with Crippen LogP contribution >= 0.6 is 0 Å². The lowest BCUT2D eigenvalue weighted by molar-refractivity contribution is 0.0601. The van der Waals surface area contributed by atoms with E-state index in [1.165, 1.54) is 12.1 Å². The quantitative estimate of drug-likeness (QED) is 0.796. The van der Waals surface area contributed by atoms with Gasteiger partial charge in [-0.2, -0.15) is 0 Å². The van der Waals surface area contributed by atoms with E-state index >= 15 is 0 Å². The van der Waals surface area contributed by atoms with Gasteiger partial charge < -0.3 is 14.7 Å². The smallest absolute Gasteiger partial charge is 0.272 e. The fourth-order valence-corrected chi connectivity index (χ4v) is 4.45. The number of carbonyl (C=O) groups excluding carboxylic acids is 1. The molecule has 1 atom stereocenters. The van der Waals surface area contributed by atoms with E-state index in [9.17, 15) is 4.79 Å². The van der Waals surface area contributed by atoms with Crippen LogP contribution in [0.15, 0.2) is 36.4 Å². The minimum atomic E-state index is 0.0613. The number of anilines is 2. The molecule has 154 valence electrons. The predicted octanol–water partition coefficient (Wildman–Crippen LogP) is 3.52. The minimum absolute atomic E-state index is 0.0613. The van der Waals surface area contributed by atoms with Crippen molar-refractivity contribution in [1.82, 2.24) is 14.9 Å². The van der Waals surface area contributed by atoms with E-state index in [0.717, 1.165) is 57.7 Å². The Morgan fingerprint density at radius 2 is 1.72 bits per heavy atom. The van der Waals surface area contributed by atoms with Crippen LogP contribution in [0.25, 0.3) is 0 Å². The first-order chi connectivity index (χ1) is 14.2. The number of aromatic nitrogens is 2. The SMILES string of the molecule is CCC1CCCCN1C(=O)c1cc(C)nc(N2CCN(c3ccccc3)CC2)n1. The number of hydrogen-bond donors (Lipinski definition) is 0. The van der Waals surface area contributed by atoms with Crippen molar-refractivity contribution in [3.05, 3.63) is 47.8 Å². The Kier molecular flexibility index (Phi) is 5.97. The first-order valence-corrected chi connectivity index (χ1v) is 10.9. The maximum absolute atomic E-state index is 13.2. The van der Waals surface area contributed by atoms with E-state index in [-0.39, 0.29) is 5.91 Å². The molecule has 1 amide bonds. The molecule has 4 rings (SSSR count). The molecule has 3 heterocycles. The van der Waals surface area contributed by atoms with E-state index < -0.39 is 0 Å². The fourth-order valence-electron chi connectivity index (χ4n) is 4.45. The summed E-state index contributed by atoms with van der Waals surface area (Å²) in [6.45, 7) is 8.52. The number of aryl methyl sites for hydroxylation is 1. The van der Waals surface area contributed by atoms with E-state index in [4.69, 9.17) is 4.98 Å². The average molecular weight is 394 g/mol. The number of rotatable bonds is 4. The van der Waals surface area contributed by atoms with Gasteiger partial charge in [0.2, 0.25) is 5.95 Å². The van der Waals surface area contributed by atoms with Gasteiger partial charge in [-0.3, -0.25) is 4.79 Å². The molecule has 29 heavy (non-hydrogen) atoms. The topological polar surface area (TPSA) is 52.6 Å². The van der Waals surface area contributed by atoms with Crippen molar-refractivity contribution in [1.29, 1.82) is 0 Å². The number of piperazine rings is 1. The third-order valence-electron chi connectivity index (χ3n) is 6.10. The molecule has 0 spiro atoms. The second-order valence-electron chi connectivity index (χ2n) is 8.06. The fraction of sp³-hybridized carbons (Fsp3) is 0.522. The van der Waals surface area contributed by atoms with Crippen LogP contribution < -0.4 is 9.80 Å². The van der Waals surface area contributed by atoms with Crippen molar-refractivity contribution < 1.29 is 4.79 Å². The molecule has 1 aromatic carbocycles. The normalized spacial score (nSPS) is 20.1. The van der Waals surface area contributed by atoms with Crippen LogP contribution in [0.1, 0.15) is 48.8 Å². The molecule has 2 aliphatic rings. The highest BCUT2D eigenvalue weighted by molar-refractivity contribution is 5.93. The van der Waals surface area contributed by atoms with Gasteiger partial charge in [-0.15, -0.1) is 0 Å². The number of benzene rings is 1. The average Bonchev–Trinajstić information content (AvgIpc) is 2.79. The van der Waals surface area contributed by atoms with Crippen molar-refractivity contribution in [2.45, 2.75) is 45.6 Å². The minimum Gasteiger partial charge on any atom is -0.368 e. The zero-order valence-corrected chi connectivity index (χ0v) is 17.5. The summed E-state index contributed by atoms with van der Waals surface area (Å²) < 4.78 is 0. The summed E-state index contributed by atoms with van der Waals surface area (Å²) in [5, 5.41) is 0. The van der Waals surface area contributed by atoms with Gasteiger partial charge in [0.1, 0.15) is 5.69 Å². The molecule has 2 aromatic rings. The molecule has 2 aliphatic heterocycles. The molecular weight excluding hydrogens is 362 g/mol. The first kappa shape index (κ1) is 19.7. The summed E-state index contributed by atoms with van der Waals surface area (Å²) in [4.78, 5) is 29.2. The molecule has 1 aromatic heterocycles. The number of carbonyl (C=O) groups is 1. The summed E-state index contributed by atoms with van der Waals surface area (Å²) in [6.07, 6.45) is 4.40. The lowest BCUT2D eigenvalue weighted by atomic mass is 9.99. The second-order valence-corrected chi connectivity index (χ2v) is 8.06. The van der Waals surface area contributed by atoms with Crippen LogP contribution in [-0.2, 0) is 0 Å². The van der Waals surface area contributed by atoms with Gasteiger partial charge in [0.25, 0.3) is 5.91 Å². The van der Waals surface area contributed by atoms with E-state index in [0.29, 0.717) is 17.7 Å². The van der Waals surface area contributed by atoms with Crippen LogP contribution in [-0.4, -0.2) is 59.5 Å². The predicted molar refractivity (Wildman–Crippen MR) is 117 cm³/mol. The highest BCUT2D eigenvalue weighted by Gasteiger charge is 2.28. The number of hydrogen-bond acceptors (Lipinski definition) is 5. The number of para-hydroxylation sites is 1. The first-order valence-electron chi connectivity index (χ1n) is 10.9. The third kappa shape index (κ3) is 4.36. The molecule has 2 saturated heterocycles. The number of amides is 1. The number of nitrogens with zero attached hydrogens (tertiary/aromatic N) is 5. The monoisotopic (exact) mass is 393 g/mol. The Bertz CT molecular complexity index is 832. The van der Waals surface area contributed by atoms with Crippen LogP contribution in [0.3, 0.4) is 0 Å². The molecule has 6 heteroatoms. The Morgan fingerprint density at radius 3 is 2.45 bits per heavy atom. The highest BCUT2D eigenvalue weighted by atomic mass is 16.2. The van der Waals surface area contributed by atoms with Gasteiger partial charge in [-0.1, -0.05) is 25.1 Å². The standard InChI is InChI=1S/C23H31N5O/c1-3-19-9-7-8-12-28(19)22(29)21-17-18(2)24-23(25-21)27-15-13-26(14-16-27)20-10-5-4-6-11-20/h4-6,10-11,17,19H,3,7-9,12-16H2,1-2H3. The van der Waals surface area contributed by atoms with E-state index in [1.807, 2.05) is 24.0 Å². The van der Waals surface area contributed by atoms with Crippen LogP contribution in [0, 0.1) is 6.92 Å². The molecule has 2 fully saturated rings. The van der Waals surface area contributed by atoms with Crippen LogP contribution in [0.2, 0.25) is 0 Å². The molecule has 1 unspecified atom stereocenters. The van der Waals surface area contributed by atoms with Crippen molar-refractivity contribution in [3.63, 3.8) is 0 Å². The molecule has 0 bridgehead atoms. The Hall–Kier alpha value is -2.63. The summed E-state index contributed by atoms with van der Waals surface area (Å²) in [6, 6.07) is 12.7. The maximum Gasteiger partial charge on any atom is 0.272 e. The largest absolute Gasteiger partial charge is 0.368 e. The van der Waals surface area contributed by atoms with Gasteiger partial charge >= 0.3 is 0 Å². The Balaban J connectivity index is 1.48. The number of likely N-dealkylation sites (tertiary alicyclic amines) is 1. The summed E-state index contributed by atoms with van der Waals surface area (Å²) >= 11 is 0. The van der Waals surface area contributed by atoms with E-state index in [1.54, 1.807) is 0 Å². The molecule has 0 saturated carbocycles. The lowest BCUT2D eigenvalue weighted by Crippen LogP contribution is -2.47. The molecule has 0 aliphatic carbocycles. The summed E-state index contributed by atoms with van der Waals surface area (Å²) in [5.74, 6) is 0.748. The van der Waals surface area contributed by atoms with Gasteiger partial charge in [0, 0.05) is 50.1 Å². The molecule has 0 radical (unpaired) electrons.